The van der Waals surface area contributed by atoms with Crippen LogP contribution in [0.1, 0.15) is 37.1 Å². The van der Waals surface area contributed by atoms with Gasteiger partial charge in [-0.3, -0.25) is 4.79 Å². The maximum absolute atomic E-state index is 13.9. The molecule has 0 aliphatic heterocycles. The first-order chi connectivity index (χ1) is 16.1. The minimum Gasteiger partial charge on any atom is -0.481 e. The highest BCUT2D eigenvalue weighted by atomic mass is 35.5. The highest BCUT2D eigenvalue weighted by Crippen LogP contribution is 2.30. The van der Waals surface area contributed by atoms with Gasteiger partial charge in [0.2, 0.25) is 0 Å². The summed E-state index contributed by atoms with van der Waals surface area (Å²) >= 11 is 6.33. The van der Waals surface area contributed by atoms with Crippen molar-refractivity contribution in [1.29, 1.82) is 0 Å². The maximum Gasteiger partial charge on any atom is 0.304 e. The van der Waals surface area contributed by atoms with Gasteiger partial charge in [0.1, 0.15) is 17.4 Å². The van der Waals surface area contributed by atoms with Crippen molar-refractivity contribution in [3.63, 3.8) is 0 Å². The van der Waals surface area contributed by atoms with Crippen LogP contribution < -0.4 is 4.74 Å². The van der Waals surface area contributed by atoms with E-state index in [1.165, 1.54) is 18.2 Å². The summed E-state index contributed by atoms with van der Waals surface area (Å²) in [6, 6.07) is 12.7. The fourth-order valence-electron chi connectivity index (χ4n) is 3.74. The van der Waals surface area contributed by atoms with Gasteiger partial charge in [0.05, 0.1) is 22.7 Å². The van der Waals surface area contributed by atoms with Gasteiger partial charge in [-0.05, 0) is 48.7 Å². The van der Waals surface area contributed by atoms with Crippen molar-refractivity contribution in [2.45, 2.75) is 38.5 Å². The van der Waals surface area contributed by atoms with Crippen LogP contribution in [0.4, 0.5) is 8.78 Å². The Balaban J connectivity index is 1.50. The largest absolute Gasteiger partial charge is 0.481 e. The first kappa shape index (κ1) is 23.6. The molecule has 34 heavy (non-hydrogen) atoms. The summed E-state index contributed by atoms with van der Waals surface area (Å²) in [5.74, 6) is -1.57. The summed E-state index contributed by atoms with van der Waals surface area (Å²) in [6.45, 7) is 3.73. The Hall–Kier alpha value is -3.52. The van der Waals surface area contributed by atoms with Crippen LogP contribution in [0.25, 0.3) is 11.2 Å². The van der Waals surface area contributed by atoms with Crippen LogP contribution in [-0.4, -0.2) is 26.0 Å². The lowest BCUT2D eigenvalue weighted by atomic mass is 9.82. The molecule has 0 aliphatic rings. The minimum atomic E-state index is -0.864. The van der Waals surface area contributed by atoms with Crippen LogP contribution in [0.3, 0.4) is 0 Å². The minimum absolute atomic E-state index is 0.00902. The molecular weight excluding hydrogens is 464 g/mol. The van der Waals surface area contributed by atoms with Gasteiger partial charge >= 0.3 is 12.0 Å². The number of fused-ring (bicyclic) bond motifs is 1. The lowest BCUT2D eigenvalue weighted by molar-refractivity contribution is -0.138. The van der Waals surface area contributed by atoms with Gasteiger partial charge in [-0.25, -0.2) is 13.8 Å². The molecule has 0 amide bonds. The van der Waals surface area contributed by atoms with Crippen molar-refractivity contribution in [2.24, 2.45) is 0 Å². The van der Waals surface area contributed by atoms with E-state index in [1.807, 2.05) is 26.0 Å². The van der Waals surface area contributed by atoms with Crippen molar-refractivity contribution in [2.75, 3.05) is 0 Å². The molecule has 0 saturated heterocycles. The molecule has 2 heterocycles. The van der Waals surface area contributed by atoms with E-state index in [9.17, 15) is 13.6 Å². The summed E-state index contributed by atoms with van der Waals surface area (Å²) in [7, 11) is 0. The number of ether oxygens (including phenoxy) is 1. The van der Waals surface area contributed by atoms with Gasteiger partial charge in [-0.1, -0.05) is 43.6 Å². The molecule has 0 atom stereocenters. The number of carboxylic acid groups (broad SMARTS) is 1. The molecule has 0 saturated carbocycles. The Morgan fingerprint density at radius 2 is 1.76 bits per heavy atom. The summed E-state index contributed by atoms with van der Waals surface area (Å²) in [4.78, 5) is 22.9. The summed E-state index contributed by atoms with van der Waals surface area (Å²) in [5.41, 5.74) is 1.73. The molecule has 2 N–H and O–H groups in total. The molecular formula is C25H22ClF2N3O3. The second-order valence-corrected chi connectivity index (χ2v) is 9.02. The number of nitrogens with zero attached hydrogens (tertiary/aromatic N) is 2. The van der Waals surface area contributed by atoms with Gasteiger partial charge in [-0.15, -0.1) is 0 Å². The van der Waals surface area contributed by atoms with Crippen LogP contribution in [0.5, 0.6) is 11.8 Å². The number of halogens is 3. The number of carbonyl (C=O) groups is 1. The number of aryl methyl sites for hydroxylation is 1. The normalized spacial score (nSPS) is 11.7. The number of aliphatic carboxylic acids is 1. The summed E-state index contributed by atoms with van der Waals surface area (Å²) in [5, 5.41) is 9.45. The zero-order valence-corrected chi connectivity index (χ0v) is 19.3. The van der Waals surface area contributed by atoms with E-state index >= 15 is 0 Å². The highest BCUT2D eigenvalue weighted by Gasteiger charge is 2.24. The Morgan fingerprint density at radius 1 is 1.09 bits per heavy atom. The fourth-order valence-corrected chi connectivity index (χ4v) is 3.98. The Labute approximate surface area is 199 Å². The monoisotopic (exact) mass is 485 g/mol. The first-order valence-electron chi connectivity index (χ1n) is 10.6. The fraction of sp³-hybridized carbons (Fsp3) is 0.240. The van der Waals surface area contributed by atoms with Crippen molar-refractivity contribution in [3.8, 4) is 11.8 Å². The number of H-pyrrole nitrogens is 1. The van der Waals surface area contributed by atoms with E-state index in [0.717, 1.165) is 5.56 Å². The van der Waals surface area contributed by atoms with Crippen molar-refractivity contribution in [3.05, 3.63) is 82.0 Å². The van der Waals surface area contributed by atoms with Gasteiger partial charge < -0.3 is 14.8 Å². The molecule has 0 spiro atoms. The molecule has 0 unspecified atom stereocenters. The molecule has 9 heteroatoms. The molecule has 4 aromatic rings. The third-order valence-electron chi connectivity index (χ3n) is 5.59. The van der Waals surface area contributed by atoms with Crippen LogP contribution in [-0.2, 0) is 23.1 Å². The number of hydrogen-bond acceptors (Lipinski definition) is 4. The van der Waals surface area contributed by atoms with Crippen molar-refractivity contribution < 1.29 is 23.4 Å². The van der Waals surface area contributed by atoms with Gasteiger partial charge in [0, 0.05) is 11.0 Å². The van der Waals surface area contributed by atoms with E-state index in [0.29, 0.717) is 27.6 Å². The standard InChI is InChI=1S/C25H22ClF2N3O3/c1-25(2,13-22(32)33)14-6-8-15(9-7-14)34-24-30-21-12-17(26)20(29-23(21)31-24)11-10-16-18(27)4-3-5-19(16)28/h3-9,12H,10-11,13H2,1-2H3,(H,32,33)(H,29,30,31). The Morgan fingerprint density at radius 3 is 2.41 bits per heavy atom. The molecule has 2 aromatic carbocycles. The zero-order chi connectivity index (χ0) is 24.5. The smallest absolute Gasteiger partial charge is 0.304 e. The van der Waals surface area contributed by atoms with E-state index in [2.05, 4.69) is 15.0 Å². The average Bonchev–Trinajstić information content (AvgIpc) is 3.13. The average molecular weight is 486 g/mol. The van der Waals surface area contributed by atoms with E-state index < -0.39 is 23.0 Å². The van der Waals surface area contributed by atoms with Crippen LogP contribution in [0.2, 0.25) is 5.02 Å². The van der Waals surface area contributed by atoms with Crippen molar-refractivity contribution >= 4 is 28.7 Å². The number of carboxylic acids is 1. The van der Waals surface area contributed by atoms with Gasteiger partial charge in [0.25, 0.3) is 0 Å². The third-order valence-corrected chi connectivity index (χ3v) is 5.92. The van der Waals surface area contributed by atoms with Crippen LogP contribution >= 0.6 is 11.6 Å². The number of aromatic amines is 1. The second-order valence-electron chi connectivity index (χ2n) is 8.61. The number of imidazole rings is 1. The highest BCUT2D eigenvalue weighted by molar-refractivity contribution is 6.31. The molecule has 0 aliphatic carbocycles. The SMILES string of the molecule is CC(C)(CC(=O)O)c1ccc(Oc2nc3nc(CCc4c(F)cccc4F)c(Cl)cc3[nH]2)cc1. The number of aromatic nitrogens is 3. The summed E-state index contributed by atoms with van der Waals surface area (Å²) < 4.78 is 33.6. The molecule has 176 valence electrons. The second kappa shape index (κ2) is 9.38. The number of pyridine rings is 1. The lowest BCUT2D eigenvalue weighted by Crippen LogP contribution is -2.21. The summed E-state index contributed by atoms with van der Waals surface area (Å²) in [6.07, 6.45) is 0.355. The van der Waals surface area contributed by atoms with E-state index in [1.54, 1.807) is 18.2 Å². The molecule has 0 radical (unpaired) electrons. The first-order valence-corrected chi connectivity index (χ1v) is 11.0. The van der Waals surface area contributed by atoms with Gasteiger partial charge in [-0.2, -0.15) is 4.98 Å². The predicted octanol–water partition coefficient (Wildman–Crippen LogP) is 6.22. The van der Waals surface area contributed by atoms with E-state index in [4.69, 9.17) is 21.4 Å². The number of hydrogen-bond donors (Lipinski definition) is 2. The number of rotatable bonds is 8. The number of benzene rings is 2. The van der Waals surface area contributed by atoms with Crippen LogP contribution in [0.15, 0.2) is 48.5 Å². The zero-order valence-electron chi connectivity index (χ0n) is 18.5. The lowest BCUT2D eigenvalue weighted by Gasteiger charge is -2.23. The molecule has 0 bridgehead atoms. The molecule has 0 fully saturated rings. The predicted molar refractivity (Wildman–Crippen MR) is 124 cm³/mol. The van der Waals surface area contributed by atoms with Gasteiger partial charge in [0.15, 0.2) is 5.65 Å². The topological polar surface area (TPSA) is 88.1 Å². The maximum atomic E-state index is 13.9. The molecule has 2 aromatic heterocycles. The third kappa shape index (κ3) is 5.17. The van der Waals surface area contributed by atoms with Crippen LogP contribution in [0, 0.1) is 11.6 Å². The van der Waals surface area contributed by atoms with Crippen molar-refractivity contribution in [1.82, 2.24) is 15.0 Å². The molecule has 6 nitrogen and oxygen atoms in total. The number of nitrogens with one attached hydrogen (secondary N) is 1. The quantitative estimate of drug-likeness (QED) is 0.309. The van der Waals surface area contributed by atoms with E-state index in [-0.39, 0.29) is 30.8 Å². The Bertz CT molecular complexity index is 1330. The Kier molecular flexibility index (Phi) is 6.52. The molecule has 4 rings (SSSR count).